The highest BCUT2D eigenvalue weighted by Crippen LogP contribution is 2.34. The Morgan fingerprint density at radius 2 is 2.05 bits per heavy atom. The Balaban J connectivity index is 1.59. The van der Waals surface area contributed by atoms with Crippen molar-refractivity contribution in [3.05, 3.63) is 16.4 Å². The first kappa shape index (κ1) is 14.5. The van der Waals surface area contributed by atoms with Crippen LogP contribution < -0.4 is 0 Å². The van der Waals surface area contributed by atoms with Crippen molar-refractivity contribution in [2.45, 2.75) is 38.0 Å². The van der Waals surface area contributed by atoms with Crippen LogP contribution in [0.3, 0.4) is 0 Å². The van der Waals surface area contributed by atoms with Crippen molar-refractivity contribution in [2.75, 3.05) is 33.7 Å². The maximum atomic E-state index is 12.8. The molecule has 0 bridgehead atoms. The van der Waals surface area contributed by atoms with Gasteiger partial charge in [0.15, 0.2) is 5.69 Å². The summed E-state index contributed by atoms with van der Waals surface area (Å²) >= 11 is 6.50. The molecule has 0 radical (unpaired) electrons. The number of hydrogen-bond donors (Lipinski definition) is 0. The number of likely N-dealkylation sites (N-methyl/N-ethyl adjacent to an activating group) is 1. The van der Waals surface area contributed by atoms with E-state index in [1.165, 1.54) is 0 Å². The number of aromatic nitrogens is 2. The van der Waals surface area contributed by atoms with Crippen molar-refractivity contribution in [3.63, 3.8) is 0 Å². The van der Waals surface area contributed by atoms with E-state index in [1.807, 2.05) is 9.58 Å². The number of rotatable bonds is 1. The van der Waals surface area contributed by atoms with Crippen LogP contribution in [0.15, 0.2) is 0 Å². The second kappa shape index (κ2) is 5.22. The van der Waals surface area contributed by atoms with Crippen LogP contribution in [0, 0.1) is 0 Å². The molecule has 2 atom stereocenters. The first-order valence-electron chi connectivity index (χ1n) is 8.01. The number of carbonyl (C=O) groups is 1. The van der Waals surface area contributed by atoms with Crippen LogP contribution in [0.2, 0.25) is 5.02 Å². The average Bonchev–Trinajstić information content (AvgIpc) is 2.81. The van der Waals surface area contributed by atoms with Crippen LogP contribution >= 0.6 is 11.6 Å². The van der Waals surface area contributed by atoms with Crippen LogP contribution in [0.25, 0.3) is 0 Å². The van der Waals surface area contributed by atoms with E-state index in [0.717, 1.165) is 51.3 Å². The molecule has 120 valence electrons. The highest BCUT2D eigenvalue weighted by molar-refractivity contribution is 6.34. The van der Waals surface area contributed by atoms with Gasteiger partial charge in [0.2, 0.25) is 0 Å². The highest BCUT2D eigenvalue weighted by Gasteiger charge is 2.48. The van der Waals surface area contributed by atoms with Crippen LogP contribution in [0.5, 0.6) is 0 Å². The molecule has 2 unspecified atom stereocenters. The fourth-order valence-electron chi connectivity index (χ4n) is 3.95. The summed E-state index contributed by atoms with van der Waals surface area (Å²) in [6.45, 7) is 4.50. The predicted molar refractivity (Wildman–Crippen MR) is 84.0 cm³/mol. The summed E-state index contributed by atoms with van der Waals surface area (Å²) < 4.78 is 1.93. The molecule has 3 aliphatic heterocycles. The molecule has 0 saturated carbocycles. The van der Waals surface area contributed by atoms with Gasteiger partial charge in [-0.1, -0.05) is 11.6 Å². The van der Waals surface area contributed by atoms with E-state index >= 15 is 0 Å². The highest BCUT2D eigenvalue weighted by atomic mass is 35.5. The molecule has 1 amide bonds. The van der Waals surface area contributed by atoms with Gasteiger partial charge in [0, 0.05) is 38.8 Å². The van der Waals surface area contributed by atoms with Gasteiger partial charge >= 0.3 is 0 Å². The molecule has 0 aliphatic carbocycles. The Morgan fingerprint density at radius 3 is 2.82 bits per heavy atom. The molecule has 0 aromatic carbocycles. The maximum Gasteiger partial charge on any atom is 0.276 e. The van der Waals surface area contributed by atoms with E-state index in [0.29, 0.717) is 22.8 Å². The summed E-state index contributed by atoms with van der Waals surface area (Å²) in [5.74, 6) is 0.00442. The van der Waals surface area contributed by atoms with Crippen molar-refractivity contribution in [3.8, 4) is 0 Å². The predicted octanol–water partition coefficient (Wildman–Crippen LogP) is 0.901. The number of hydrogen-bond acceptors (Lipinski definition) is 4. The van der Waals surface area contributed by atoms with Gasteiger partial charge in [-0.2, -0.15) is 5.10 Å². The third-order valence-corrected chi connectivity index (χ3v) is 5.76. The van der Waals surface area contributed by atoms with E-state index in [4.69, 9.17) is 11.6 Å². The van der Waals surface area contributed by atoms with E-state index in [-0.39, 0.29) is 5.91 Å². The zero-order valence-electron chi connectivity index (χ0n) is 13.1. The van der Waals surface area contributed by atoms with Gasteiger partial charge in [0.05, 0.1) is 16.8 Å². The SMILES string of the molecule is CN1CCCn2nc(C(=O)N3CC4C3CCN4C)c(Cl)c2C1. The first-order chi connectivity index (χ1) is 10.6. The van der Waals surface area contributed by atoms with Crippen molar-refractivity contribution < 1.29 is 4.79 Å². The minimum Gasteiger partial charge on any atom is -0.331 e. The summed E-state index contributed by atoms with van der Waals surface area (Å²) in [5, 5.41) is 5.08. The number of aryl methyl sites for hydroxylation is 1. The van der Waals surface area contributed by atoms with Gasteiger partial charge in [0.25, 0.3) is 5.91 Å². The minimum absolute atomic E-state index is 0.00442. The Hall–Kier alpha value is -1.11. The van der Waals surface area contributed by atoms with Crippen LogP contribution in [0.1, 0.15) is 29.0 Å². The second-order valence-corrected chi connectivity index (χ2v) is 7.16. The van der Waals surface area contributed by atoms with Crippen molar-refractivity contribution in [1.29, 1.82) is 0 Å². The Labute approximate surface area is 135 Å². The first-order valence-corrected chi connectivity index (χ1v) is 8.39. The molecule has 1 aromatic rings. The standard InChI is InChI=1S/C15H22ClN5O/c1-18-5-3-6-21-12(8-18)13(16)14(17-21)15(22)20-9-11-10(20)4-7-19(11)2/h10-11H,3-9H2,1-2H3. The lowest BCUT2D eigenvalue weighted by Crippen LogP contribution is -2.63. The van der Waals surface area contributed by atoms with E-state index < -0.39 is 0 Å². The third kappa shape index (κ3) is 2.08. The second-order valence-electron chi connectivity index (χ2n) is 6.79. The molecule has 4 heterocycles. The third-order valence-electron chi connectivity index (χ3n) is 5.36. The minimum atomic E-state index is 0.00442. The molecule has 6 nitrogen and oxygen atoms in total. The molecule has 0 N–H and O–H groups in total. The summed E-state index contributed by atoms with van der Waals surface area (Å²) in [7, 11) is 4.21. The number of halogens is 1. The fourth-order valence-corrected chi connectivity index (χ4v) is 4.23. The maximum absolute atomic E-state index is 12.8. The number of amides is 1. The smallest absolute Gasteiger partial charge is 0.276 e. The fraction of sp³-hybridized carbons (Fsp3) is 0.733. The van der Waals surface area contributed by atoms with Gasteiger partial charge in [-0.3, -0.25) is 14.4 Å². The van der Waals surface area contributed by atoms with Crippen molar-refractivity contribution in [2.24, 2.45) is 0 Å². The summed E-state index contributed by atoms with van der Waals surface area (Å²) in [4.78, 5) is 19.3. The molecule has 0 spiro atoms. The summed E-state index contributed by atoms with van der Waals surface area (Å²) in [6.07, 6.45) is 2.09. The number of fused-ring (bicyclic) bond motifs is 2. The van der Waals surface area contributed by atoms with Crippen molar-refractivity contribution >= 4 is 17.5 Å². The molecule has 2 fully saturated rings. The average molecular weight is 324 g/mol. The number of carbonyl (C=O) groups excluding carboxylic acids is 1. The van der Waals surface area contributed by atoms with Gasteiger partial charge in [-0.15, -0.1) is 0 Å². The lowest BCUT2D eigenvalue weighted by atomic mass is 9.96. The van der Waals surface area contributed by atoms with E-state index in [9.17, 15) is 4.79 Å². The Kier molecular flexibility index (Phi) is 3.43. The lowest BCUT2D eigenvalue weighted by molar-refractivity contribution is 0.0238. The van der Waals surface area contributed by atoms with Gasteiger partial charge in [-0.25, -0.2) is 0 Å². The van der Waals surface area contributed by atoms with Gasteiger partial charge in [0.1, 0.15) is 0 Å². The Bertz CT molecular complexity index is 615. The van der Waals surface area contributed by atoms with Gasteiger partial charge in [-0.05, 0) is 26.9 Å². The molecule has 7 heteroatoms. The van der Waals surface area contributed by atoms with Crippen LogP contribution in [-0.2, 0) is 13.1 Å². The zero-order valence-corrected chi connectivity index (χ0v) is 13.9. The molecule has 1 aromatic heterocycles. The molecule has 4 rings (SSSR count). The zero-order chi connectivity index (χ0) is 15.4. The van der Waals surface area contributed by atoms with E-state index in [2.05, 4.69) is 29.0 Å². The van der Waals surface area contributed by atoms with E-state index in [1.54, 1.807) is 0 Å². The monoisotopic (exact) mass is 323 g/mol. The van der Waals surface area contributed by atoms with Crippen LogP contribution in [0.4, 0.5) is 0 Å². The molecule has 3 aliphatic rings. The largest absolute Gasteiger partial charge is 0.331 e. The quantitative estimate of drug-likeness (QED) is 0.770. The molecule has 2 saturated heterocycles. The molecular weight excluding hydrogens is 302 g/mol. The summed E-state index contributed by atoms with van der Waals surface area (Å²) in [5.41, 5.74) is 1.42. The molecular formula is C15H22ClN5O. The van der Waals surface area contributed by atoms with Gasteiger partial charge < -0.3 is 9.80 Å². The summed E-state index contributed by atoms with van der Waals surface area (Å²) in [6, 6.07) is 0.868. The topological polar surface area (TPSA) is 44.6 Å². The number of likely N-dealkylation sites (tertiary alicyclic amines) is 2. The Morgan fingerprint density at radius 1 is 1.23 bits per heavy atom. The van der Waals surface area contributed by atoms with Crippen molar-refractivity contribution in [1.82, 2.24) is 24.5 Å². The lowest BCUT2D eigenvalue weighted by Gasteiger charge is -2.45. The normalized spacial score (nSPS) is 29.0. The number of nitrogens with zero attached hydrogens (tertiary/aromatic N) is 5. The van der Waals surface area contributed by atoms with Crippen LogP contribution in [-0.4, -0.2) is 76.2 Å². The molecule has 22 heavy (non-hydrogen) atoms.